The second-order valence-corrected chi connectivity index (χ2v) is 6.64. The van der Waals surface area contributed by atoms with E-state index in [-0.39, 0.29) is 17.9 Å². The molecule has 1 aromatic carbocycles. The van der Waals surface area contributed by atoms with Gasteiger partial charge in [-0.15, -0.1) is 0 Å². The van der Waals surface area contributed by atoms with Crippen molar-refractivity contribution in [2.24, 2.45) is 17.6 Å². The van der Waals surface area contributed by atoms with Gasteiger partial charge in [-0.1, -0.05) is 40.6 Å². The normalized spacial score (nSPS) is 23.9. The number of benzene rings is 1. The number of anilines is 1. The molecule has 1 aliphatic carbocycles. The van der Waals surface area contributed by atoms with Crippen molar-refractivity contribution < 1.29 is 4.79 Å². The minimum atomic E-state index is -0.324. The molecule has 0 spiro atoms. The van der Waals surface area contributed by atoms with Crippen molar-refractivity contribution in [3.63, 3.8) is 0 Å². The van der Waals surface area contributed by atoms with Crippen LogP contribution in [0, 0.1) is 11.8 Å². The third-order valence-corrected chi connectivity index (χ3v) is 4.25. The van der Waals surface area contributed by atoms with Crippen LogP contribution in [0.5, 0.6) is 0 Å². The van der Waals surface area contributed by atoms with Gasteiger partial charge in [0.2, 0.25) is 5.91 Å². The maximum atomic E-state index is 11.8. The Morgan fingerprint density at radius 1 is 1.50 bits per heavy atom. The second kappa shape index (κ2) is 6.44. The molecule has 3 N–H and O–H groups in total. The van der Waals surface area contributed by atoms with Crippen molar-refractivity contribution in [3.05, 3.63) is 40.4 Å². The van der Waals surface area contributed by atoms with Crippen LogP contribution in [-0.2, 0) is 4.79 Å². The first-order chi connectivity index (χ1) is 9.45. The Bertz CT molecular complexity index is 527. The number of primary amides is 1. The topological polar surface area (TPSA) is 55.1 Å². The zero-order valence-electron chi connectivity index (χ0n) is 11.9. The lowest BCUT2D eigenvalue weighted by molar-refractivity contribution is -0.119. The summed E-state index contributed by atoms with van der Waals surface area (Å²) in [6.45, 7) is 4.31. The fraction of sp³-hybridized carbons (Fsp3) is 0.438. The lowest BCUT2D eigenvalue weighted by Gasteiger charge is -2.31. The van der Waals surface area contributed by atoms with Crippen LogP contribution in [0.4, 0.5) is 5.69 Å². The first-order valence-electron chi connectivity index (χ1n) is 6.94. The van der Waals surface area contributed by atoms with Gasteiger partial charge in [-0.25, -0.2) is 0 Å². The van der Waals surface area contributed by atoms with Crippen molar-refractivity contribution in [1.82, 2.24) is 0 Å². The summed E-state index contributed by atoms with van der Waals surface area (Å²) in [6, 6.07) is 7.50. The van der Waals surface area contributed by atoms with E-state index in [1.165, 1.54) is 5.57 Å². The Morgan fingerprint density at radius 3 is 2.85 bits per heavy atom. The van der Waals surface area contributed by atoms with Gasteiger partial charge in [-0.2, -0.15) is 0 Å². The number of nitrogens with two attached hydrogens (primary N) is 1. The molecular weight excluding hydrogens is 316 g/mol. The highest BCUT2D eigenvalue weighted by molar-refractivity contribution is 9.10. The van der Waals surface area contributed by atoms with Crippen LogP contribution >= 0.6 is 15.9 Å². The number of carbonyl (C=O) groups is 1. The molecule has 2 rings (SSSR count). The number of hydrogen-bond acceptors (Lipinski definition) is 2. The highest BCUT2D eigenvalue weighted by Crippen LogP contribution is 2.31. The molecule has 0 bridgehead atoms. The largest absolute Gasteiger partial charge is 0.373 e. The van der Waals surface area contributed by atoms with Gasteiger partial charge in [0.05, 0.1) is 0 Å². The SMILES string of the molecule is CC1=CC(C)CC(C(Nc2cccc(Br)c2)C(N)=O)C1. The summed E-state index contributed by atoms with van der Waals surface area (Å²) in [5, 5.41) is 3.30. The third kappa shape index (κ3) is 3.85. The van der Waals surface area contributed by atoms with Gasteiger partial charge in [-0.3, -0.25) is 4.79 Å². The molecule has 3 unspecified atom stereocenters. The Balaban J connectivity index is 2.16. The van der Waals surface area contributed by atoms with Gasteiger partial charge in [-0.05, 0) is 49.8 Å². The number of rotatable bonds is 4. The number of carbonyl (C=O) groups excluding carboxylic acids is 1. The molecule has 3 nitrogen and oxygen atoms in total. The highest BCUT2D eigenvalue weighted by atomic mass is 79.9. The summed E-state index contributed by atoms with van der Waals surface area (Å²) in [6.07, 6.45) is 4.21. The number of hydrogen-bond donors (Lipinski definition) is 2. The predicted octanol–water partition coefficient (Wildman–Crippen LogP) is 3.71. The van der Waals surface area contributed by atoms with E-state index in [1.54, 1.807) is 0 Å². The van der Waals surface area contributed by atoms with Crippen molar-refractivity contribution in [2.45, 2.75) is 32.7 Å². The minimum Gasteiger partial charge on any atom is -0.373 e. The van der Waals surface area contributed by atoms with E-state index in [4.69, 9.17) is 5.73 Å². The molecule has 108 valence electrons. The molecule has 0 aromatic heterocycles. The molecule has 0 heterocycles. The Hall–Kier alpha value is -1.29. The van der Waals surface area contributed by atoms with Crippen LogP contribution < -0.4 is 11.1 Å². The van der Waals surface area contributed by atoms with E-state index in [0.717, 1.165) is 23.0 Å². The standard InChI is InChI=1S/C16H21BrN2O/c1-10-6-11(2)8-12(7-10)15(16(18)20)19-14-5-3-4-13(17)9-14/h3-6,9-10,12,15,19H,7-8H2,1-2H3,(H2,18,20). The zero-order valence-corrected chi connectivity index (χ0v) is 13.5. The van der Waals surface area contributed by atoms with Crippen LogP contribution in [0.1, 0.15) is 26.7 Å². The van der Waals surface area contributed by atoms with Gasteiger partial charge in [0.25, 0.3) is 0 Å². The van der Waals surface area contributed by atoms with Crippen molar-refractivity contribution in [3.8, 4) is 0 Å². The molecule has 20 heavy (non-hydrogen) atoms. The molecule has 0 fully saturated rings. The van der Waals surface area contributed by atoms with E-state index in [2.05, 4.69) is 41.2 Å². The van der Waals surface area contributed by atoms with Crippen LogP contribution in [0.25, 0.3) is 0 Å². The number of nitrogens with one attached hydrogen (secondary N) is 1. The van der Waals surface area contributed by atoms with Crippen molar-refractivity contribution >= 4 is 27.5 Å². The van der Waals surface area contributed by atoms with Crippen LogP contribution in [0.15, 0.2) is 40.4 Å². The molecule has 0 saturated heterocycles. The zero-order chi connectivity index (χ0) is 14.7. The van der Waals surface area contributed by atoms with Crippen molar-refractivity contribution in [2.75, 3.05) is 5.32 Å². The number of amides is 1. The maximum Gasteiger partial charge on any atom is 0.240 e. The molecule has 1 aliphatic rings. The van der Waals surface area contributed by atoms with E-state index in [0.29, 0.717) is 5.92 Å². The average Bonchev–Trinajstić information content (AvgIpc) is 2.34. The van der Waals surface area contributed by atoms with Gasteiger partial charge in [0.15, 0.2) is 0 Å². The van der Waals surface area contributed by atoms with E-state index < -0.39 is 0 Å². The predicted molar refractivity (Wildman–Crippen MR) is 86.4 cm³/mol. The van der Waals surface area contributed by atoms with E-state index >= 15 is 0 Å². The smallest absolute Gasteiger partial charge is 0.240 e. The van der Waals surface area contributed by atoms with Gasteiger partial charge >= 0.3 is 0 Å². The first kappa shape index (κ1) is 15.1. The molecule has 1 amide bonds. The summed E-state index contributed by atoms with van der Waals surface area (Å²) in [7, 11) is 0. The molecule has 0 radical (unpaired) electrons. The summed E-state index contributed by atoms with van der Waals surface area (Å²) in [5.74, 6) is 0.475. The Labute approximate surface area is 128 Å². The van der Waals surface area contributed by atoms with Gasteiger partial charge in [0.1, 0.15) is 6.04 Å². The second-order valence-electron chi connectivity index (χ2n) is 5.72. The molecule has 0 aliphatic heterocycles. The maximum absolute atomic E-state index is 11.8. The molecular formula is C16H21BrN2O. The molecule has 1 aromatic rings. The Kier molecular flexibility index (Phi) is 4.86. The lowest BCUT2D eigenvalue weighted by atomic mass is 9.79. The van der Waals surface area contributed by atoms with E-state index in [1.807, 2.05) is 24.3 Å². The lowest BCUT2D eigenvalue weighted by Crippen LogP contribution is -2.43. The summed E-state index contributed by atoms with van der Waals surface area (Å²) < 4.78 is 0.985. The number of halogens is 1. The summed E-state index contributed by atoms with van der Waals surface area (Å²) >= 11 is 3.44. The quantitative estimate of drug-likeness (QED) is 0.823. The Morgan fingerprint density at radius 2 is 2.25 bits per heavy atom. The average molecular weight is 337 g/mol. The fourth-order valence-electron chi connectivity index (χ4n) is 3.03. The van der Waals surface area contributed by atoms with E-state index in [9.17, 15) is 4.79 Å². The molecule has 4 heteroatoms. The van der Waals surface area contributed by atoms with Gasteiger partial charge < -0.3 is 11.1 Å². The summed E-state index contributed by atoms with van der Waals surface area (Å²) in [5.41, 5.74) is 7.87. The van der Waals surface area contributed by atoms with Crippen molar-refractivity contribution in [1.29, 1.82) is 0 Å². The van der Waals surface area contributed by atoms with Gasteiger partial charge in [0, 0.05) is 10.2 Å². The van der Waals surface area contributed by atoms with Crippen LogP contribution in [0.3, 0.4) is 0 Å². The molecule has 0 saturated carbocycles. The monoisotopic (exact) mass is 336 g/mol. The highest BCUT2D eigenvalue weighted by Gasteiger charge is 2.30. The number of allylic oxidation sites excluding steroid dienone is 2. The molecule has 3 atom stereocenters. The minimum absolute atomic E-state index is 0.256. The first-order valence-corrected chi connectivity index (χ1v) is 7.73. The summed E-state index contributed by atoms with van der Waals surface area (Å²) in [4.78, 5) is 11.8. The fourth-order valence-corrected chi connectivity index (χ4v) is 3.43. The van der Waals surface area contributed by atoms with Crippen LogP contribution in [0.2, 0.25) is 0 Å². The van der Waals surface area contributed by atoms with Crippen LogP contribution in [-0.4, -0.2) is 11.9 Å². The third-order valence-electron chi connectivity index (χ3n) is 3.75.